The lowest BCUT2D eigenvalue weighted by Crippen LogP contribution is -2.13. The van der Waals surface area contributed by atoms with E-state index in [1.165, 1.54) is 0 Å². The number of hydrogen-bond donors (Lipinski definition) is 1. The Morgan fingerprint density at radius 3 is 2.45 bits per heavy atom. The number of nitrogens with one attached hydrogen (secondary N) is 1. The molecule has 31 heavy (non-hydrogen) atoms. The molecule has 1 amide bonds. The summed E-state index contributed by atoms with van der Waals surface area (Å²) in [5.74, 6) is 0.837. The maximum atomic E-state index is 13.2. The van der Waals surface area contributed by atoms with Crippen molar-refractivity contribution in [3.63, 3.8) is 0 Å². The number of benzene rings is 4. The van der Waals surface area contributed by atoms with Crippen molar-refractivity contribution in [2.45, 2.75) is 0 Å². The summed E-state index contributed by atoms with van der Waals surface area (Å²) >= 11 is 3.44. The molecule has 0 atom stereocenters. The molecule has 1 heterocycles. The smallest absolute Gasteiger partial charge is 0.256 e. The third-order valence-electron chi connectivity index (χ3n) is 5.07. The van der Waals surface area contributed by atoms with Crippen LogP contribution in [-0.2, 0) is 0 Å². The molecule has 0 aliphatic heterocycles. The van der Waals surface area contributed by atoms with E-state index in [0.29, 0.717) is 22.8 Å². The number of oxazole rings is 1. The second kappa shape index (κ2) is 8.20. The van der Waals surface area contributed by atoms with Gasteiger partial charge < -0.3 is 9.73 Å². The number of nitrogens with zero attached hydrogens (tertiary/aromatic N) is 1. The fourth-order valence-electron chi connectivity index (χ4n) is 3.54. The number of aromatic nitrogens is 1. The molecule has 1 N–H and O–H groups in total. The predicted octanol–water partition coefficient (Wildman–Crippen LogP) is 7.18. The standard InChI is InChI=1S/C26H17BrN2O2/c27-19-14-12-18(13-15-19)24-16-28-26(31-24)22-10-4-3-9-21(22)25(30)29-23-11-5-7-17-6-1-2-8-20(17)23/h1-16H,(H,29,30). The number of carbonyl (C=O) groups is 1. The van der Waals surface area contributed by atoms with Crippen LogP contribution < -0.4 is 5.32 Å². The van der Waals surface area contributed by atoms with Crippen LogP contribution >= 0.6 is 15.9 Å². The van der Waals surface area contributed by atoms with E-state index in [1.54, 1.807) is 12.3 Å². The SMILES string of the molecule is O=C(Nc1cccc2ccccc12)c1ccccc1-c1ncc(-c2ccc(Br)cc2)o1. The molecule has 0 fully saturated rings. The van der Waals surface area contributed by atoms with E-state index in [-0.39, 0.29) is 5.91 Å². The molecule has 150 valence electrons. The van der Waals surface area contributed by atoms with E-state index in [1.807, 2.05) is 84.9 Å². The van der Waals surface area contributed by atoms with Crippen LogP contribution in [0, 0.1) is 0 Å². The minimum atomic E-state index is -0.213. The zero-order valence-corrected chi connectivity index (χ0v) is 18.0. The highest BCUT2D eigenvalue weighted by molar-refractivity contribution is 9.10. The van der Waals surface area contributed by atoms with E-state index in [9.17, 15) is 4.79 Å². The minimum Gasteiger partial charge on any atom is -0.436 e. The second-order valence-corrected chi connectivity index (χ2v) is 7.98. The van der Waals surface area contributed by atoms with Crippen LogP contribution in [0.25, 0.3) is 33.6 Å². The van der Waals surface area contributed by atoms with Gasteiger partial charge in [-0.1, -0.05) is 76.6 Å². The molecule has 4 nitrogen and oxygen atoms in total. The summed E-state index contributed by atoms with van der Waals surface area (Å²) in [6.07, 6.45) is 1.68. The van der Waals surface area contributed by atoms with Crippen molar-refractivity contribution in [3.8, 4) is 22.8 Å². The average Bonchev–Trinajstić information content (AvgIpc) is 3.30. The Morgan fingerprint density at radius 2 is 1.58 bits per heavy atom. The number of hydrogen-bond acceptors (Lipinski definition) is 3. The zero-order chi connectivity index (χ0) is 21.2. The van der Waals surface area contributed by atoms with E-state index in [4.69, 9.17) is 4.42 Å². The average molecular weight is 469 g/mol. The Hall–Kier alpha value is -3.70. The van der Waals surface area contributed by atoms with Gasteiger partial charge >= 0.3 is 0 Å². The number of amides is 1. The Balaban J connectivity index is 1.48. The van der Waals surface area contributed by atoms with Crippen molar-refractivity contribution in [1.82, 2.24) is 4.98 Å². The van der Waals surface area contributed by atoms with Crippen molar-refractivity contribution >= 4 is 38.3 Å². The predicted molar refractivity (Wildman–Crippen MR) is 127 cm³/mol. The second-order valence-electron chi connectivity index (χ2n) is 7.06. The molecular weight excluding hydrogens is 452 g/mol. The van der Waals surface area contributed by atoms with Gasteiger partial charge in [0, 0.05) is 26.7 Å². The summed E-state index contributed by atoms with van der Waals surface area (Å²) in [5, 5.41) is 5.10. The highest BCUT2D eigenvalue weighted by Crippen LogP contribution is 2.30. The summed E-state index contributed by atoms with van der Waals surface area (Å²) in [4.78, 5) is 17.6. The van der Waals surface area contributed by atoms with Crippen molar-refractivity contribution in [2.75, 3.05) is 5.32 Å². The first kappa shape index (κ1) is 19.3. The van der Waals surface area contributed by atoms with Gasteiger partial charge in [-0.05, 0) is 35.7 Å². The molecule has 5 heteroatoms. The van der Waals surface area contributed by atoms with Gasteiger partial charge in [0.15, 0.2) is 5.76 Å². The first-order valence-corrected chi connectivity index (χ1v) is 10.6. The van der Waals surface area contributed by atoms with E-state index < -0.39 is 0 Å². The fourth-order valence-corrected chi connectivity index (χ4v) is 3.80. The number of anilines is 1. The third-order valence-corrected chi connectivity index (χ3v) is 5.60. The van der Waals surface area contributed by atoms with Crippen LogP contribution in [0.3, 0.4) is 0 Å². The first-order valence-electron chi connectivity index (χ1n) is 9.79. The van der Waals surface area contributed by atoms with Gasteiger partial charge in [-0.15, -0.1) is 0 Å². The number of rotatable bonds is 4. The van der Waals surface area contributed by atoms with Crippen LogP contribution in [0.5, 0.6) is 0 Å². The van der Waals surface area contributed by atoms with Gasteiger partial charge in [-0.25, -0.2) is 4.98 Å². The van der Waals surface area contributed by atoms with E-state index in [0.717, 1.165) is 26.5 Å². The Kier molecular flexibility index (Phi) is 5.10. The van der Waals surface area contributed by atoms with Crippen molar-refractivity contribution < 1.29 is 9.21 Å². The summed E-state index contributed by atoms with van der Waals surface area (Å²) < 4.78 is 6.99. The first-order chi connectivity index (χ1) is 15.2. The molecule has 0 saturated carbocycles. The van der Waals surface area contributed by atoms with Gasteiger partial charge in [0.25, 0.3) is 5.91 Å². The summed E-state index contributed by atoms with van der Waals surface area (Å²) in [7, 11) is 0. The van der Waals surface area contributed by atoms with Crippen LogP contribution in [0.1, 0.15) is 10.4 Å². The van der Waals surface area contributed by atoms with Crippen LogP contribution in [0.15, 0.2) is 106 Å². The fraction of sp³-hybridized carbons (Fsp3) is 0. The Labute approximate surface area is 187 Å². The third kappa shape index (κ3) is 3.88. The zero-order valence-electron chi connectivity index (χ0n) is 16.4. The molecule has 0 bridgehead atoms. The van der Waals surface area contributed by atoms with Crippen molar-refractivity contribution in [1.29, 1.82) is 0 Å². The number of halogens is 1. The van der Waals surface area contributed by atoms with Crippen LogP contribution in [0.2, 0.25) is 0 Å². The Bertz CT molecular complexity index is 1380. The van der Waals surface area contributed by atoms with Crippen LogP contribution in [0.4, 0.5) is 5.69 Å². The maximum absolute atomic E-state index is 13.2. The summed E-state index contributed by atoms with van der Waals surface area (Å²) in [6.45, 7) is 0. The number of carbonyl (C=O) groups excluding carboxylic acids is 1. The normalized spacial score (nSPS) is 10.9. The molecule has 0 saturated heterocycles. The molecule has 0 aliphatic rings. The molecule has 5 rings (SSSR count). The lowest BCUT2D eigenvalue weighted by Gasteiger charge is -2.10. The van der Waals surface area contributed by atoms with Gasteiger partial charge in [-0.2, -0.15) is 0 Å². The van der Waals surface area contributed by atoms with Gasteiger partial charge in [-0.3, -0.25) is 4.79 Å². The van der Waals surface area contributed by atoms with Gasteiger partial charge in [0.05, 0.1) is 11.8 Å². The molecule has 0 spiro atoms. The summed E-state index contributed by atoms with van der Waals surface area (Å²) in [6, 6.07) is 28.9. The molecular formula is C26H17BrN2O2. The minimum absolute atomic E-state index is 0.213. The van der Waals surface area contributed by atoms with Crippen molar-refractivity contribution in [2.24, 2.45) is 0 Å². The number of fused-ring (bicyclic) bond motifs is 1. The molecule has 0 unspecified atom stereocenters. The quantitative estimate of drug-likeness (QED) is 0.304. The largest absolute Gasteiger partial charge is 0.436 e. The molecule has 1 aromatic heterocycles. The maximum Gasteiger partial charge on any atom is 0.256 e. The lowest BCUT2D eigenvalue weighted by molar-refractivity contribution is 0.102. The molecule has 5 aromatic rings. The van der Waals surface area contributed by atoms with Gasteiger partial charge in [0.1, 0.15) is 0 Å². The summed E-state index contributed by atoms with van der Waals surface area (Å²) in [5.41, 5.74) is 2.82. The topological polar surface area (TPSA) is 55.1 Å². The van der Waals surface area contributed by atoms with E-state index >= 15 is 0 Å². The Morgan fingerprint density at radius 1 is 0.839 bits per heavy atom. The van der Waals surface area contributed by atoms with Crippen LogP contribution in [-0.4, -0.2) is 10.9 Å². The van der Waals surface area contributed by atoms with Crippen molar-refractivity contribution in [3.05, 3.63) is 107 Å². The van der Waals surface area contributed by atoms with Gasteiger partial charge in [0.2, 0.25) is 5.89 Å². The highest BCUT2D eigenvalue weighted by atomic mass is 79.9. The molecule has 0 aliphatic carbocycles. The van der Waals surface area contributed by atoms with E-state index in [2.05, 4.69) is 26.2 Å². The molecule has 4 aromatic carbocycles. The monoisotopic (exact) mass is 468 g/mol. The lowest BCUT2D eigenvalue weighted by atomic mass is 10.1. The highest BCUT2D eigenvalue weighted by Gasteiger charge is 2.17. The molecule has 0 radical (unpaired) electrons.